The Bertz CT molecular complexity index is 844. The SMILES string of the molecule is CCc1cc(Cl)c(OC)c(C(=O)N[C@H]2CCN(CCCC(=O)N3CCCC3)C[C@H]2OC)c1O. The minimum absolute atomic E-state index is 0.0551. The maximum atomic E-state index is 13.1. The van der Waals surface area contributed by atoms with Crippen molar-refractivity contribution in [1.29, 1.82) is 0 Å². The van der Waals surface area contributed by atoms with Crippen LogP contribution in [0.3, 0.4) is 0 Å². The highest BCUT2D eigenvalue weighted by Gasteiger charge is 2.32. The summed E-state index contributed by atoms with van der Waals surface area (Å²) in [6.45, 7) is 5.95. The predicted molar refractivity (Wildman–Crippen MR) is 127 cm³/mol. The van der Waals surface area contributed by atoms with Crippen molar-refractivity contribution in [1.82, 2.24) is 15.1 Å². The molecule has 8 nitrogen and oxygen atoms in total. The Morgan fingerprint density at radius 1 is 1.24 bits per heavy atom. The predicted octanol–water partition coefficient (Wildman–Crippen LogP) is 2.84. The molecule has 2 aliphatic rings. The van der Waals surface area contributed by atoms with E-state index in [0.29, 0.717) is 36.4 Å². The fourth-order valence-corrected chi connectivity index (χ4v) is 5.06. The number of nitrogens with zero attached hydrogens (tertiary/aromatic N) is 2. The zero-order valence-corrected chi connectivity index (χ0v) is 20.6. The summed E-state index contributed by atoms with van der Waals surface area (Å²) in [7, 11) is 3.06. The summed E-state index contributed by atoms with van der Waals surface area (Å²) in [6, 6.07) is 1.41. The average molecular weight is 482 g/mol. The second-order valence-corrected chi connectivity index (χ2v) is 9.17. The smallest absolute Gasteiger partial charge is 0.259 e. The van der Waals surface area contributed by atoms with E-state index in [-0.39, 0.29) is 35.1 Å². The van der Waals surface area contributed by atoms with Crippen LogP contribution in [0.4, 0.5) is 0 Å². The van der Waals surface area contributed by atoms with Crippen LogP contribution in [0.1, 0.15) is 54.9 Å². The van der Waals surface area contributed by atoms with Crippen LogP contribution in [0.2, 0.25) is 5.02 Å². The van der Waals surface area contributed by atoms with Gasteiger partial charge in [-0.1, -0.05) is 18.5 Å². The molecule has 2 aliphatic heterocycles. The number of benzene rings is 1. The van der Waals surface area contributed by atoms with Gasteiger partial charge in [-0.25, -0.2) is 0 Å². The quantitative estimate of drug-likeness (QED) is 0.563. The van der Waals surface area contributed by atoms with Crippen molar-refractivity contribution in [2.45, 2.75) is 57.6 Å². The summed E-state index contributed by atoms with van der Waals surface area (Å²) in [5.74, 6) is -0.124. The number of ether oxygens (including phenoxy) is 2. The summed E-state index contributed by atoms with van der Waals surface area (Å²) in [5, 5.41) is 13.9. The first-order chi connectivity index (χ1) is 15.9. The third-order valence-electron chi connectivity index (χ3n) is 6.68. The molecular weight excluding hydrogens is 446 g/mol. The number of hydrogen-bond acceptors (Lipinski definition) is 6. The highest BCUT2D eigenvalue weighted by atomic mass is 35.5. The van der Waals surface area contributed by atoms with Crippen LogP contribution in [0.15, 0.2) is 6.07 Å². The number of methoxy groups -OCH3 is 2. The van der Waals surface area contributed by atoms with Crippen LogP contribution in [-0.2, 0) is 16.0 Å². The molecule has 0 aromatic heterocycles. The van der Waals surface area contributed by atoms with Gasteiger partial charge in [-0.2, -0.15) is 0 Å². The third-order valence-corrected chi connectivity index (χ3v) is 6.96. The van der Waals surface area contributed by atoms with Gasteiger partial charge < -0.3 is 29.7 Å². The molecule has 1 aromatic carbocycles. The molecule has 2 heterocycles. The Balaban J connectivity index is 1.58. The van der Waals surface area contributed by atoms with Crippen LogP contribution in [0.25, 0.3) is 0 Å². The molecule has 0 aliphatic carbocycles. The lowest BCUT2D eigenvalue weighted by molar-refractivity contribution is -0.130. The van der Waals surface area contributed by atoms with E-state index in [9.17, 15) is 14.7 Å². The Kier molecular flexibility index (Phi) is 9.23. The lowest BCUT2D eigenvalue weighted by Crippen LogP contribution is -2.55. The Morgan fingerprint density at radius 3 is 2.61 bits per heavy atom. The molecule has 0 radical (unpaired) electrons. The van der Waals surface area contributed by atoms with Gasteiger partial charge in [0, 0.05) is 39.7 Å². The van der Waals surface area contributed by atoms with Gasteiger partial charge in [-0.15, -0.1) is 0 Å². The highest BCUT2D eigenvalue weighted by molar-refractivity contribution is 6.33. The van der Waals surface area contributed by atoms with Crippen LogP contribution >= 0.6 is 11.6 Å². The lowest BCUT2D eigenvalue weighted by atomic mass is 9.99. The first-order valence-electron chi connectivity index (χ1n) is 11.8. The molecule has 1 aromatic rings. The summed E-state index contributed by atoms with van der Waals surface area (Å²) in [4.78, 5) is 29.6. The number of amides is 2. The molecule has 3 rings (SSSR count). The van der Waals surface area contributed by atoms with E-state index in [0.717, 1.165) is 45.4 Å². The molecule has 33 heavy (non-hydrogen) atoms. The van der Waals surface area contributed by atoms with Gasteiger partial charge in [0.15, 0.2) is 5.75 Å². The molecule has 2 saturated heterocycles. The second kappa shape index (κ2) is 11.9. The fraction of sp³-hybridized carbons (Fsp3) is 0.667. The number of likely N-dealkylation sites (tertiary alicyclic amines) is 2. The largest absolute Gasteiger partial charge is 0.507 e. The number of piperidine rings is 1. The number of rotatable bonds is 9. The van der Waals surface area contributed by atoms with Crippen molar-refractivity contribution in [2.24, 2.45) is 0 Å². The Morgan fingerprint density at radius 2 is 1.97 bits per heavy atom. The molecule has 0 unspecified atom stereocenters. The van der Waals surface area contributed by atoms with E-state index in [1.54, 1.807) is 13.2 Å². The molecule has 2 fully saturated rings. The van der Waals surface area contributed by atoms with Gasteiger partial charge in [-0.3, -0.25) is 9.59 Å². The highest BCUT2D eigenvalue weighted by Crippen LogP contribution is 2.38. The van der Waals surface area contributed by atoms with Gasteiger partial charge in [0.1, 0.15) is 11.3 Å². The number of aryl methyl sites for hydroxylation is 1. The van der Waals surface area contributed by atoms with Crippen LogP contribution < -0.4 is 10.1 Å². The molecule has 9 heteroatoms. The minimum atomic E-state index is -0.432. The number of phenolic OH excluding ortho intramolecular Hbond substituents is 1. The molecule has 0 spiro atoms. The topological polar surface area (TPSA) is 91.3 Å². The lowest BCUT2D eigenvalue weighted by Gasteiger charge is -2.38. The average Bonchev–Trinajstić information content (AvgIpc) is 3.35. The molecular formula is C24H36ClN3O5. The van der Waals surface area contributed by atoms with E-state index in [1.165, 1.54) is 7.11 Å². The second-order valence-electron chi connectivity index (χ2n) is 8.76. The van der Waals surface area contributed by atoms with E-state index in [1.807, 2.05) is 11.8 Å². The van der Waals surface area contributed by atoms with Gasteiger partial charge in [0.2, 0.25) is 5.91 Å². The van der Waals surface area contributed by atoms with Crippen LogP contribution in [0, 0.1) is 0 Å². The van der Waals surface area contributed by atoms with Crippen molar-refractivity contribution in [3.8, 4) is 11.5 Å². The molecule has 2 amide bonds. The zero-order chi connectivity index (χ0) is 24.0. The number of phenols is 1. The maximum Gasteiger partial charge on any atom is 0.259 e. The normalized spacial score (nSPS) is 21.3. The van der Waals surface area contributed by atoms with Crippen molar-refractivity contribution in [3.63, 3.8) is 0 Å². The summed E-state index contributed by atoms with van der Waals surface area (Å²) < 4.78 is 11.0. The van der Waals surface area contributed by atoms with Crippen molar-refractivity contribution in [2.75, 3.05) is 46.9 Å². The first kappa shape index (κ1) is 25.6. The maximum absolute atomic E-state index is 13.1. The monoisotopic (exact) mass is 481 g/mol. The van der Waals surface area contributed by atoms with Gasteiger partial charge in [0.25, 0.3) is 5.91 Å². The van der Waals surface area contributed by atoms with E-state index in [4.69, 9.17) is 21.1 Å². The van der Waals surface area contributed by atoms with E-state index in [2.05, 4.69) is 10.2 Å². The van der Waals surface area contributed by atoms with Gasteiger partial charge >= 0.3 is 0 Å². The van der Waals surface area contributed by atoms with Gasteiger partial charge in [0.05, 0.1) is 24.3 Å². The number of nitrogens with one attached hydrogen (secondary N) is 1. The number of carbonyl (C=O) groups is 2. The fourth-order valence-electron chi connectivity index (χ4n) is 4.76. The summed E-state index contributed by atoms with van der Waals surface area (Å²) in [5.41, 5.74) is 0.645. The van der Waals surface area contributed by atoms with Crippen molar-refractivity contribution in [3.05, 3.63) is 22.2 Å². The Labute approximate surface area is 201 Å². The first-order valence-corrected chi connectivity index (χ1v) is 12.2. The number of aromatic hydroxyl groups is 1. The Hall–Kier alpha value is -2.03. The van der Waals surface area contributed by atoms with Crippen molar-refractivity contribution < 1.29 is 24.2 Å². The molecule has 184 valence electrons. The standard InChI is InChI=1S/C24H36ClN3O5/c1-4-16-14-17(25)23(33-3)21(22(16)30)24(31)26-18-9-13-27(15-19(18)32-2)10-7-8-20(29)28-11-5-6-12-28/h14,18-19,30H,4-13,15H2,1-3H3,(H,26,31)/t18-,19+/m0/s1. The van der Waals surface area contributed by atoms with Crippen LogP contribution in [0.5, 0.6) is 11.5 Å². The number of hydrogen-bond donors (Lipinski definition) is 2. The summed E-state index contributed by atoms with van der Waals surface area (Å²) in [6.07, 6.45) is 4.65. The van der Waals surface area contributed by atoms with E-state index < -0.39 is 5.91 Å². The molecule has 2 atom stereocenters. The molecule has 2 N–H and O–H groups in total. The minimum Gasteiger partial charge on any atom is -0.507 e. The van der Waals surface area contributed by atoms with Gasteiger partial charge in [-0.05, 0) is 50.3 Å². The van der Waals surface area contributed by atoms with Crippen LogP contribution in [-0.4, -0.2) is 85.8 Å². The third kappa shape index (κ3) is 6.11. The zero-order valence-electron chi connectivity index (χ0n) is 19.9. The molecule has 0 saturated carbocycles. The molecule has 0 bridgehead atoms. The number of carbonyl (C=O) groups excluding carboxylic acids is 2. The summed E-state index contributed by atoms with van der Waals surface area (Å²) >= 11 is 6.29. The number of halogens is 1. The van der Waals surface area contributed by atoms with E-state index >= 15 is 0 Å². The van der Waals surface area contributed by atoms with Crippen molar-refractivity contribution >= 4 is 23.4 Å².